The lowest BCUT2D eigenvalue weighted by Gasteiger charge is -2.18. The molecule has 1 aliphatic rings. The second-order valence-electron chi connectivity index (χ2n) is 8.31. The molecule has 0 aromatic heterocycles. The summed E-state index contributed by atoms with van der Waals surface area (Å²) < 4.78 is 4.90. The van der Waals surface area contributed by atoms with E-state index in [0.29, 0.717) is 6.61 Å². The van der Waals surface area contributed by atoms with Crippen LogP contribution in [0.15, 0.2) is 24.3 Å². The summed E-state index contributed by atoms with van der Waals surface area (Å²) in [4.78, 5) is 34.1. The van der Waals surface area contributed by atoms with Gasteiger partial charge in [-0.05, 0) is 31.3 Å². The Morgan fingerprint density at radius 3 is 2.60 bits per heavy atom. The van der Waals surface area contributed by atoms with Crippen LogP contribution in [-0.4, -0.2) is 35.6 Å². The van der Waals surface area contributed by atoms with Crippen LogP contribution in [0.5, 0.6) is 0 Å². The number of alkyl carbamates (subject to hydrolysis) is 1. The Labute approximate surface area is 181 Å². The highest BCUT2D eigenvalue weighted by Gasteiger charge is 2.27. The van der Waals surface area contributed by atoms with Gasteiger partial charge in [-0.15, -0.1) is 0 Å². The maximum absolute atomic E-state index is 12.2. The Bertz CT molecular complexity index is 598. The van der Waals surface area contributed by atoms with Gasteiger partial charge in [-0.2, -0.15) is 0 Å². The SMILES string of the molecule is CCCCC(C)[C@H](O)C=C[C@H]1C=CC(=O)[C@@H]1CCCCCCCOC(=O)NC(C)=O. The summed E-state index contributed by atoms with van der Waals surface area (Å²) in [5.74, 6) is 0.0580. The molecule has 30 heavy (non-hydrogen) atoms. The summed E-state index contributed by atoms with van der Waals surface area (Å²) in [5, 5.41) is 12.4. The van der Waals surface area contributed by atoms with E-state index in [9.17, 15) is 19.5 Å². The fourth-order valence-electron chi connectivity index (χ4n) is 3.66. The minimum absolute atomic E-state index is 0.0157. The smallest absolute Gasteiger partial charge is 0.413 e. The van der Waals surface area contributed by atoms with Crippen LogP contribution < -0.4 is 5.32 Å². The molecular weight excluding hydrogens is 382 g/mol. The number of hydrogen-bond donors (Lipinski definition) is 2. The third-order valence-corrected chi connectivity index (χ3v) is 5.61. The zero-order valence-corrected chi connectivity index (χ0v) is 18.8. The lowest BCUT2D eigenvalue weighted by molar-refractivity contribution is -0.119. The van der Waals surface area contributed by atoms with Gasteiger partial charge < -0.3 is 9.84 Å². The van der Waals surface area contributed by atoms with Gasteiger partial charge in [0.05, 0.1) is 12.7 Å². The Morgan fingerprint density at radius 2 is 1.90 bits per heavy atom. The number of ether oxygens (including phenoxy) is 1. The third kappa shape index (κ3) is 10.7. The second kappa shape index (κ2) is 14.9. The van der Waals surface area contributed by atoms with Gasteiger partial charge in [-0.25, -0.2) is 4.79 Å². The van der Waals surface area contributed by atoms with Crippen molar-refractivity contribution in [3.05, 3.63) is 24.3 Å². The zero-order chi connectivity index (χ0) is 22.4. The first-order valence-corrected chi connectivity index (χ1v) is 11.4. The summed E-state index contributed by atoms with van der Waals surface area (Å²) in [6, 6.07) is 0. The van der Waals surface area contributed by atoms with Crippen molar-refractivity contribution in [2.45, 2.75) is 84.7 Å². The molecule has 2 N–H and O–H groups in total. The van der Waals surface area contributed by atoms with Crippen molar-refractivity contribution >= 4 is 17.8 Å². The molecular formula is C24H39NO5. The first kappa shape index (κ1) is 26.1. The van der Waals surface area contributed by atoms with E-state index in [4.69, 9.17) is 4.74 Å². The fraction of sp³-hybridized carbons (Fsp3) is 0.708. The second-order valence-corrected chi connectivity index (χ2v) is 8.31. The van der Waals surface area contributed by atoms with Gasteiger partial charge in [0, 0.05) is 18.8 Å². The molecule has 6 heteroatoms. The topological polar surface area (TPSA) is 92.7 Å². The van der Waals surface area contributed by atoms with Crippen LogP contribution in [0.1, 0.15) is 78.6 Å². The van der Waals surface area contributed by atoms with E-state index in [1.54, 1.807) is 6.08 Å². The molecule has 0 aliphatic heterocycles. The van der Waals surface area contributed by atoms with E-state index in [1.165, 1.54) is 6.92 Å². The van der Waals surface area contributed by atoms with Crippen molar-refractivity contribution in [1.82, 2.24) is 5.32 Å². The molecule has 0 aromatic carbocycles. The van der Waals surface area contributed by atoms with E-state index in [0.717, 1.165) is 57.8 Å². The molecule has 2 amide bonds. The maximum Gasteiger partial charge on any atom is 0.413 e. The predicted octanol–water partition coefficient (Wildman–Crippen LogP) is 4.71. The van der Waals surface area contributed by atoms with Crippen LogP contribution in [0, 0.1) is 17.8 Å². The number of hydrogen-bond acceptors (Lipinski definition) is 5. The summed E-state index contributed by atoms with van der Waals surface area (Å²) in [6.07, 6.45) is 15.2. The Balaban J connectivity index is 2.22. The van der Waals surface area contributed by atoms with Gasteiger partial charge in [-0.3, -0.25) is 14.9 Å². The van der Waals surface area contributed by atoms with Crippen LogP contribution in [0.2, 0.25) is 0 Å². The molecule has 0 aromatic rings. The summed E-state index contributed by atoms with van der Waals surface area (Å²) >= 11 is 0. The van der Waals surface area contributed by atoms with Crippen molar-refractivity contribution < 1.29 is 24.2 Å². The van der Waals surface area contributed by atoms with Crippen molar-refractivity contribution in [2.75, 3.05) is 6.61 Å². The lowest BCUT2D eigenvalue weighted by atomic mass is 9.88. The van der Waals surface area contributed by atoms with Crippen molar-refractivity contribution in [3.8, 4) is 0 Å². The zero-order valence-electron chi connectivity index (χ0n) is 18.8. The van der Waals surface area contributed by atoms with Crippen LogP contribution in [0.3, 0.4) is 0 Å². The normalized spacial score (nSPS) is 20.5. The van der Waals surface area contributed by atoms with Crippen molar-refractivity contribution in [2.24, 2.45) is 17.8 Å². The molecule has 0 bridgehead atoms. The number of nitrogens with one attached hydrogen (secondary N) is 1. The molecule has 0 saturated carbocycles. The number of unbranched alkanes of at least 4 members (excludes halogenated alkanes) is 5. The van der Waals surface area contributed by atoms with E-state index < -0.39 is 18.1 Å². The average Bonchev–Trinajstić information content (AvgIpc) is 3.05. The standard InChI is InChI=1S/C24H39NO5/c1-4-5-11-18(2)22(27)15-13-20-14-16-23(28)21(20)12-9-7-6-8-10-17-30-24(29)25-19(3)26/h13-16,18,20-22,27H,4-12,17H2,1-3H3,(H,25,26,29)/t18?,20-,21+,22+/m0/s1. The molecule has 0 spiro atoms. The largest absolute Gasteiger partial charge is 0.449 e. The van der Waals surface area contributed by atoms with Gasteiger partial charge in [-0.1, -0.05) is 70.6 Å². The van der Waals surface area contributed by atoms with Gasteiger partial charge in [0.1, 0.15) is 0 Å². The molecule has 0 radical (unpaired) electrons. The maximum atomic E-state index is 12.2. The molecule has 170 valence electrons. The van der Waals surface area contributed by atoms with Crippen LogP contribution in [0.4, 0.5) is 4.79 Å². The lowest BCUT2D eigenvalue weighted by Crippen LogP contribution is -2.28. The highest BCUT2D eigenvalue weighted by Crippen LogP contribution is 2.29. The van der Waals surface area contributed by atoms with E-state index in [2.05, 4.69) is 19.2 Å². The van der Waals surface area contributed by atoms with Crippen LogP contribution >= 0.6 is 0 Å². The molecule has 1 rings (SSSR count). The van der Waals surface area contributed by atoms with Gasteiger partial charge in [0.2, 0.25) is 5.91 Å². The number of allylic oxidation sites excluding steroid dienone is 3. The molecule has 0 saturated heterocycles. The number of imide groups is 1. The van der Waals surface area contributed by atoms with E-state index in [1.807, 2.05) is 18.2 Å². The van der Waals surface area contributed by atoms with Crippen LogP contribution in [0.25, 0.3) is 0 Å². The van der Waals surface area contributed by atoms with E-state index >= 15 is 0 Å². The highest BCUT2D eigenvalue weighted by molar-refractivity contribution is 5.94. The average molecular weight is 422 g/mol. The number of rotatable bonds is 14. The molecule has 0 heterocycles. The Morgan fingerprint density at radius 1 is 1.20 bits per heavy atom. The minimum Gasteiger partial charge on any atom is -0.449 e. The monoisotopic (exact) mass is 421 g/mol. The van der Waals surface area contributed by atoms with Crippen LogP contribution in [-0.2, 0) is 14.3 Å². The quantitative estimate of drug-likeness (QED) is 0.313. The summed E-state index contributed by atoms with van der Waals surface area (Å²) in [5.41, 5.74) is 0. The van der Waals surface area contributed by atoms with Crippen molar-refractivity contribution in [1.29, 1.82) is 0 Å². The van der Waals surface area contributed by atoms with Gasteiger partial charge >= 0.3 is 6.09 Å². The molecule has 1 unspecified atom stereocenters. The van der Waals surface area contributed by atoms with Crippen molar-refractivity contribution in [3.63, 3.8) is 0 Å². The predicted molar refractivity (Wildman–Crippen MR) is 118 cm³/mol. The molecule has 6 nitrogen and oxygen atoms in total. The van der Waals surface area contributed by atoms with E-state index in [-0.39, 0.29) is 23.5 Å². The number of carbonyl (C=O) groups is 3. The van der Waals surface area contributed by atoms with Gasteiger partial charge in [0.15, 0.2) is 5.78 Å². The highest BCUT2D eigenvalue weighted by atomic mass is 16.5. The number of carbonyl (C=O) groups excluding carboxylic acids is 3. The number of aliphatic hydroxyl groups excluding tert-OH is 1. The molecule has 4 atom stereocenters. The minimum atomic E-state index is -0.696. The Hall–Kier alpha value is -1.95. The third-order valence-electron chi connectivity index (χ3n) is 5.61. The first-order valence-electron chi connectivity index (χ1n) is 11.4. The molecule has 0 fully saturated rings. The van der Waals surface area contributed by atoms with Gasteiger partial charge in [0.25, 0.3) is 0 Å². The number of ketones is 1. The number of aliphatic hydroxyl groups is 1. The summed E-state index contributed by atoms with van der Waals surface area (Å²) in [6.45, 7) is 5.79. The fourth-order valence-corrected chi connectivity index (χ4v) is 3.66. The number of amides is 2. The first-order chi connectivity index (χ1) is 14.3. The molecule has 1 aliphatic carbocycles. The Kier molecular flexibility index (Phi) is 13.0. The summed E-state index contributed by atoms with van der Waals surface area (Å²) in [7, 11) is 0.